The molecule has 5 nitrogen and oxygen atoms in total. The van der Waals surface area contributed by atoms with Crippen molar-refractivity contribution < 1.29 is 13.9 Å². The van der Waals surface area contributed by atoms with Crippen LogP contribution in [0.3, 0.4) is 0 Å². The number of ether oxygens (including phenoxy) is 1. The number of hydrogen-bond donors (Lipinski definition) is 0. The Balaban J connectivity index is 1.86. The van der Waals surface area contributed by atoms with Crippen LogP contribution >= 0.6 is 11.6 Å². The first-order valence-electron chi connectivity index (χ1n) is 9.64. The van der Waals surface area contributed by atoms with Gasteiger partial charge in [-0.25, -0.2) is 4.79 Å². The Kier molecular flexibility index (Phi) is 5.31. The Labute approximate surface area is 181 Å². The number of halogens is 1. The van der Waals surface area contributed by atoms with Crippen LogP contribution in [0.4, 0.5) is 10.5 Å². The Morgan fingerprint density at radius 3 is 2.60 bits per heavy atom. The van der Waals surface area contributed by atoms with Gasteiger partial charge in [0, 0.05) is 24.1 Å². The highest BCUT2D eigenvalue weighted by atomic mass is 35.5. The number of urea groups is 1. The minimum absolute atomic E-state index is 0.126. The SMILES string of the molecule is C=CCC1(c2ccco2)c2cc(Cl)ccc2N(Cc2ccc(OC)cc2)C(=O)N1C. The van der Waals surface area contributed by atoms with Crippen molar-refractivity contribution >= 4 is 23.3 Å². The van der Waals surface area contributed by atoms with E-state index >= 15 is 0 Å². The second kappa shape index (κ2) is 7.92. The zero-order valence-electron chi connectivity index (χ0n) is 17.0. The maximum atomic E-state index is 13.6. The fraction of sp³-hybridized carbons (Fsp3) is 0.208. The van der Waals surface area contributed by atoms with Crippen molar-refractivity contribution in [2.24, 2.45) is 0 Å². The topological polar surface area (TPSA) is 45.9 Å². The lowest BCUT2D eigenvalue weighted by atomic mass is 9.80. The minimum atomic E-state index is -0.820. The molecule has 0 saturated carbocycles. The van der Waals surface area contributed by atoms with E-state index in [1.165, 1.54) is 0 Å². The molecule has 4 rings (SSSR count). The maximum Gasteiger partial charge on any atom is 0.325 e. The normalized spacial score (nSPS) is 18.3. The van der Waals surface area contributed by atoms with Crippen molar-refractivity contribution in [3.63, 3.8) is 0 Å². The summed E-state index contributed by atoms with van der Waals surface area (Å²) in [6.45, 7) is 4.35. The lowest BCUT2D eigenvalue weighted by molar-refractivity contribution is 0.141. The van der Waals surface area contributed by atoms with E-state index < -0.39 is 5.54 Å². The van der Waals surface area contributed by atoms with E-state index in [4.69, 9.17) is 20.8 Å². The number of amides is 2. The Morgan fingerprint density at radius 2 is 1.97 bits per heavy atom. The molecule has 1 aliphatic heterocycles. The average Bonchev–Trinajstić information content (AvgIpc) is 3.30. The molecular formula is C24H23ClN2O3. The predicted octanol–water partition coefficient (Wildman–Crippen LogP) is 5.83. The molecule has 0 spiro atoms. The molecule has 1 atom stereocenters. The summed E-state index contributed by atoms with van der Waals surface area (Å²) in [5, 5.41) is 0.598. The van der Waals surface area contributed by atoms with Crippen LogP contribution in [0, 0.1) is 0 Å². The van der Waals surface area contributed by atoms with E-state index in [2.05, 4.69) is 6.58 Å². The minimum Gasteiger partial charge on any atom is -0.497 e. The first-order valence-corrected chi connectivity index (χ1v) is 10.0. The van der Waals surface area contributed by atoms with Crippen LogP contribution in [0.5, 0.6) is 5.75 Å². The summed E-state index contributed by atoms with van der Waals surface area (Å²) >= 11 is 6.40. The van der Waals surface area contributed by atoms with Gasteiger partial charge in [0.05, 0.1) is 25.6 Å². The first kappa shape index (κ1) is 20.1. The lowest BCUT2D eigenvalue weighted by Crippen LogP contribution is -2.57. The molecule has 6 heteroatoms. The molecular weight excluding hydrogens is 400 g/mol. The summed E-state index contributed by atoms with van der Waals surface area (Å²) < 4.78 is 11.0. The summed E-state index contributed by atoms with van der Waals surface area (Å²) in [5.41, 5.74) is 1.88. The standard InChI is InChI=1S/C24H23ClN2O3/c1-4-13-24(22-6-5-14-30-22)20-15-18(25)9-12-21(20)27(23(28)26(24)2)16-17-7-10-19(29-3)11-8-17/h4-12,14-15H,1,13,16H2,2-3H3. The second-order valence-corrected chi connectivity index (χ2v) is 7.70. The second-order valence-electron chi connectivity index (χ2n) is 7.27. The summed E-state index contributed by atoms with van der Waals surface area (Å²) in [5.74, 6) is 1.45. The molecule has 0 aliphatic carbocycles. The number of carbonyl (C=O) groups is 1. The molecule has 154 valence electrons. The van der Waals surface area contributed by atoms with Crippen LogP contribution in [0.25, 0.3) is 0 Å². The molecule has 2 aromatic carbocycles. The van der Waals surface area contributed by atoms with Crippen molar-refractivity contribution in [2.45, 2.75) is 18.5 Å². The molecule has 1 unspecified atom stereocenters. The van der Waals surface area contributed by atoms with Gasteiger partial charge in [0.2, 0.25) is 0 Å². The number of hydrogen-bond acceptors (Lipinski definition) is 3. The molecule has 0 fully saturated rings. The van der Waals surface area contributed by atoms with Gasteiger partial charge >= 0.3 is 6.03 Å². The highest BCUT2D eigenvalue weighted by Gasteiger charge is 2.49. The number of methoxy groups -OCH3 is 1. The quantitative estimate of drug-likeness (QED) is 0.469. The molecule has 1 aromatic heterocycles. The highest BCUT2D eigenvalue weighted by Crippen LogP contribution is 2.48. The molecule has 0 saturated heterocycles. The van der Waals surface area contributed by atoms with Gasteiger partial charge in [-0.3, -0.25) is 4.90 Å². The molecule has 3 aromatic rings. The average molecular weight is 423 g/mol. The Hall–Kier alpha value is -3.18. The number of rotatable bonds is 6. The van der Waals surface area contributed by atoms with Gasteiger partial charge in [-0.1, -0.05) is 29.8 Å². The number of carbonyl (C=O) groups excluding carboxylic acids is 1. The van der Waals surface area contributed by atoms with E-state index in [9.17, 15) is 4.79 Å². The largest absolute Gasteiger partial charge is 0.497 e. The van der Waals surface area contributed by atoms with Gasteiger partial charge in [0.25, 0.3) is 0 Å². The van der Waals surface area contributed by atoms with Gasteiger partial charge in [-0.15, -0.1) is 6.58 Å². The van der Waals surface area contributed by atoms with Crippen LogP contribution in [0.1, 0.15) is 23.3 Å². The molecule has 2 heterocycles. The van der Waals surface area contributed by atoms with Crippen molar-refractivity contribution in [2.75, 3.05) is 19.1 Å². The fourth-order valence-corrected chi connectivity index (χ4v) is 4.31. The van der Waals surface area contributed by atoms with Crippen LogP contribution in [0.2, 0.25) is 5.02 Å². The number of furan rings is 1. The third-order valence-electron chi connectivity index (χ3n) is 5.65. The molecule has 30 heavy (non-hydrogen) atoms. The van der Waals surface area contributed by atoms with Crippen molar-refractivity contribution in [1.82, 2.24) is 4.90 Å². The first-order chi connectivity index (χ1) is 14.5. The zero-order chi connectivity index (χ0) is 21.3. The van der Waals surface area contributed by atoms with Gasteiger partial charge in [0.15, 0.2) is 0 Å². The number of nitrogens with zero attached hydrogens (tertiary/aromatic N) is 2. The fourth-order valence-electron chi connectivity index (χ4n) is 4.14. The maximum absolute atomic E-state index is 13.6. The third-order valence-corrected chi connectivity index (χ3v) is 5.89. The van der Waals surface area contributed by atoms with Crippen molar-refractivity contribution in [3.05, 3.63) is 95.4 Å². The van der Waals surface area contributed by atoms with Crippen LogP contribution in [-0.2, 0) is 12.1 Å². The monoisotopic (exact) mass is 422 g/mol. The predicted molar refractivity (Wildman–Crippen MR) is 118 cm³/mol. The summed E-state index contributed by atoms with van der Waals surface area (Å²) in [7, 11) is 3.42. The zero-order valence-corrected chi connectivity index (χ0v) is 17.7. The van der Waals surface area contributed by atoms with Gasteiger partial charge in [-0.05, 0) is 48.0 Å². The van der Waals surface area contributed by atoms with E-state index in [1.54, 1.807) is 42.4 Å². The van der Waals surface area contributed by atoms with Gasteiger partial charge in [0.1, 0.15) is 17.0 Å². The lowest BCUT2D eigenvalue weighted by Gasteiger charge is -2.48. The Bertz CT molecular complexity index is 1060. The van der Waals surface area contributed by atoms with E-state index in [0.29, 0.717) is 23.7 Å². The van der Waals surface area contributed by atoms with E-state index in [0.717, 1.165) is 22.6 Å². The van der Waals surface area contributed by atoms with Gasteiger partial charge < -0.3 is 14.1 Å². The molecule has 1 aliphatic rings. The van der Waals surface area contributed by atoms with E-state index in [-0.39, 0.29) is 6.03 Å². The van der Waals surface area contributed by atoms with Crippen molar-refractivity contribution in [3.8, 4) is 5.75 Å². The number of fused-ring (bicyclic) bond motifs is 1. The van der Waals surface area contributed by atoms with Gasteiger partial charge in [-0.2, -0.15) is 0 Å². The van der Waals surface area contributed by atoms with Crippen LogP contribution in [-0.4, -0.2) is 25.1 Å². The van der Waals surface area contributed by atoms with Crippen LogP contribution in [0.15, 0.2) is 77.9 Å². The number of benzene rings is 2. The summed E-state index contributed by atoms with van der Waals surface area (Å²) in [6, 6.07) is 16.9. The van der Waals surface area contributed by atoms with E-state index in [1.807, 2.05) is 48.5 Å². The molecule has 0 bridgehead atoms. The number of anilines is 1. The molecule has 0 radical (unpaired) electrons. The summed E-state index contributed by atoms with van der Waals surface area (Å²) in [6.07, 6.45) is 3.91. The smallest absolute Gasteiger partial charge is 0.325 e. The Morgan fingerprint density at radius 1 is 1.20 bits per heavy atom. The summed E-state index contributed by atoms with van der Waals surface area (Å²) in [4.78, 5) is 17.1. The highest BCUT2D eigenvalue weighted by molar-refractivity contribution is 6.30. The van der Waals surface area contributed by atoms with Crippen LogP contribution < -0.4 is 9.64 Å². The third kappa shape index (κ3) is 3.15. The van der Waals surface area contributed by atoms with Crippen molar-refractivity contribution in [1.29, 1.82) is 0 Å². The molecule has 0 N–H and O–H groups in total. The molecule has 2 amide bonds.